The van der Waals surface area contributed by atoms with Gasteiger partial charge in [-0.25, -0.2) is 9.97 Å². The monoisotopic (exact) mass is 227 g/mol. The van der Waals surface area contributed by atoms with Gasteiger partial charge in [0, 0.05) is 12.4 Å². The van der Waals surface area contributed by atoms with Crippen LogP contribution in [0.3, 0.4) is 0 Å². The van der Waals surface area contributed by atoms with Crippen LogP contribution in [0, 0.1) is 0 Å². The minimum Gasteiger partial charge on any atom is -0.330 e. The van der Waals surface area contributed by atoms with E-state index >= 15 is 0 Å². The molecule has 1 aromatic rings. The predicted octanol–water partition coefficient (Wildman–Crippen LogP) is 1.60. The van der Waals surface area contributed by atoms with Crippen molar-refractivity contribution < 1.29 is 0 Å². The molecule has 4 heteroatoms. The molecular weight excluding hydrogens is 218 g/mol. The molecule has 12 heavy (non-hydrogen) atoms. The Kier molecular flexibility index (Phi) is 3.37. The van der Waals surface area contributed by atoms with E-state index in [0.29, 0.717) is 12.4 Å². The standard InChI is InChI=1S/C8H10BrN3/c1-6(2-3-10)8-11-4-7(9)5-12-8/h4-5H,1-3,10H2. The van der Waals surface area contributed by atoms with Crippen molar-refractivity contribution in [3.8, 4) is 0 Å². The number of halogens is 1. The summed E-state index contributed by atoms with van der Waals surface area (Å²) in [5, 5.41) is 0. The molecule has 0 saturated carbocycles. The largest absolute Gasteiger partial charge is 0.330 e. The summed E-state index contributed by atoms with van der Waals surface area (Å²) in [6.45, 7) is 4.41. The molecule has 0 aliphatic heterocycles. The quantitative estimate of drug-likeness (QED) is 0.854. The van der Waals surface area contributed by atoms with Gasteiger partial charge in [0.2, 0.25) is 0 Å². The second-order valence-corrected chi connectivity index (χ2v) is 3.28. The lowest BCUT2D eigenvalue weighted by Gasteiger charge is -2.00. The average molecular weight is 228 g/mol. The molecule has 2 N–H and O–H groups in total. The predicted molar refractivity (Wildman–Crippen MR) is 52.4 cm³/mol. The van der Waals surface area contributed by atoms with E-state index in [-0.39, 0.29) is 0 Å². The van der Waals surface area contributed by atoms with Gasteiger partial charge in [-0.15, -0.1) is 0 Å². The van der Waals surface area contributed by atoms with Gasteiger partial charge in [0.05, 0.1) is 4.47 Å². The van der Waals surface area contributed by atoms with Gasteiger partial charge in [-0.2, -0.15) is 0 Å². The molecule has 0 amide bonds. The molecular formula is C8H10BrN3. The lowest BCUT2D eigenvalue weighted by atomic mass is 10.2. The fourth-order valence-corrected chi connectivity index (χ4v) is 0.986. The Morgan fingerprint density at radius 3 is 2.58 bits per heavy atom. The van der Waals surface area contributed by atoms with Crippen molar-refractivity contribution in [2.24, 2.45) is 5.73 Å². The van der Waals surface area contributed by atoms with E-state index in [9.17, 15) is 0 Å². The van der Waals surface area contributed by atoms with Crippen molar-refractivity contribution >= 4 is 21.5 Å². The highest BCUT2D eigenvalue weighted by atomic mass is 79.9. The molecule has 0 atom stereocenters. The van der Waals surface area contributed by atoms with E-state index < -0.39 is 0 Å². The molecule has 1 heterocycles. The van der Waals surface area contributed by atoms with Crippen LogP contribution in [-0.2, 0) is 0 Å². The van der Waals surface area contributed by atoms with Crippen LogP contribution in [0.2, 0.25) is 0 Å². The van der Waals surface area contributed by atoms with Crippen molar-refractivity contribution in [2.45, 2.75) is 6.42 Å². The van der Waals surface area contributed by atoms with Gasteiger partial charge in [0.1, 0.15) is 0 Å². The van der Waals surface area contributed by atoms with Gasteiger partial charge < -0.3 is 5.73 Å². The molecule has 0 bridgehead atoms. The number of nitrogens with zero attached hydrogens (tertiary/aromatic N) is 2. The van der Waals surface area contributed by atoms with Crippen LogP contribution in [0.1, 0.15) is 12.2 Å². The first-order valence-corrected chi connectivity index (χ1v) is 4.39. The molecule has 1 aromatic heterocycles. The SMILES string of the molecule is C=C(CCN)c1ncc(Br)cn1. The highest BCUT2D eigenvalue weighted by Gasteiger charge is 1.99. The zero-order valence-corrected chi connectivity index (χ0v) is 8.21. The second kappa shape index (κ2) is 4.33. The first-order valence-electron chi connectivity index (χ1n) is 3.60. The van der Waals surface area contributed by atoms with Crippen molar-refractivity contribution in [3.63, 3.8) is 0 Å². The van der Waals surface area contributed by atoms with Gasteiger partial charge in [-0.1, -0.05) is 6.58 Å². The smallest absolute Gasteiger partial charge is 0.154 e. The fourth-order valence-electron chi connectivity index (χ4n) is 0.781. The maximum Gasteiger partial charge on any atom is 0.154 e. The van der Waals surface area contributed by atoms with E-state index in [1.807, 2.05) is 0 Å². The normalized spacial score (nSPS) is 9.83. The lowest BCUT2D eigenvalue weighted by molar-refractivity contribution is 0.988. The molecule has 3 nitrogen and oxygen atoms in total. The molecule has 1 rings (SSSR count). The van der Waals surface area contributed by atoms with E-state index in [2.05, 4.69) is 32.5 Å². The summed E-state index contributed by atoms with van der Waals surface area (Å²) < 4.78 is 0.867. The van der Waals surface area contributed by atoms with Crippen LogP contribution in [-0.4, -0.2) is 16.5 Å². The third-order valence-electron chi connectivity index (χ3n) is 1.38. The molecule has 0 radical (unpaired) electrons. The summed E-state index contributed by atoms with van der Waals surface area (Å²) in [5.41, 5.74) is 6.25. The Labute approximate surface area is 79.8 Å². The van der Waals surface area contributed by atoms with Crippen LogP contribution in [0.4, 0.5) is 0 Å². The van der Waals surface area contributed by atoms with Crippen molar-refractivity contribution in [1.82, 2.24) is 9.97 Å². The van der Waals surface area contributed by atoms with Crippen LogP contribution in [0.5, 0.6) is 0 Å². The zero-order valence-electron chi connectivity index (χ0n) is 6.63. The minimum atomic E-state index is 0.582. The first-order chi connectivity index (χ1) is 5.74. The van der Waals surface area contributed by atoms with Crippen LogP contribution in [0.25, 0.3) is 5.57 Å². The summed E-state index contributed by atoms with van der Waals surface area (Å²) >= 11 is 3.25. The highest BCUT2D eigenvalue weighted by molar-refractivity contribution is 9.10. The van der Waals surface area contributed by atoms with Gasteiger partial charge >= 0.3 is 0 Å². The van der Waals surface area contributed by atoms with Gasteiger partial charge in [-0.3, -0.25) is 0 Å². The second-order valence-electron chi connectivity index (χ2n) is 2.37. The summed E-state index contributed by atoms with van der Waals surface area (Å²) in [4.78, 5) is 8.17. The number of nitrogens with two attached hydrogens (primary N) is 1. The third kappa shape index (κ3) is 2.39. The van der Waals surface area contributed by atoms with Crippen LogP contribution < -0.4 is 5.73 Å². The summed E-state index contributed by atoms with van der Waals surface area (Å²) in [5.74, 6) is 0.670. The first kappa shape index (κ1) is 9.35. The average Bonchev–Trinajstić information content (AvgIpc) is 2.06. The summed E-state index contributed by atoms with van der Waals surface area (Å²) in [6, 6.07) is 0. The molecule has 64 valence electrons. The number of aromatic nitrogens is 2. The highest BCUT2D eigenvalue weighted by Crippen LogP contribution is 2.11. The summed E-state index contributed by atoms with van der Waals surface area (Å²) in [6.07, 6.45) is 4.13. The zero-order chi connectivity index (χ0) is 8.97. The van der Waals surface area contributed by atoms with E-state index in [1.54, 1.807) is 12.4 Å². The van der Waals surface area contributed by atoms with Crippen LogP contribution >= 0.6 is 15.9 Å². The molecule has 0 unspecified atom stereocenters. The lowest BCUT2D eigenvalue weighted by Crippen LogP contribution is -2.01. The Morgan fingerprint density at radius 1 is 1.50 bits per heavy atom. The maximum atomic E-state index is 5.37. The Balaban J connectivity index is 2.75. The Morgan fingerprint density at radius 2 is 2.08 bits per heavy atom. The maximum absolute atomic E-state index is 5.37. The van der Waals surface area contributed by atoms with Gasteiger partial charge in [-0.05, 0) is 34.5 Å². The molecule has 0 aromatic carbocycles. The van der Waals surface area contributed by atoms with E-state index in [4.69, 9.17) is 5.73 Å². The topological polar surface area (TPSA) is 51.8 Å². The molecule has 0 aliphatic carbocycles. The fraction of sp³-hybridized carbons (Fsp3) is 0.250. The number of rotatable bonds is 3. The van der Waals surface area contributed by atoms with E-state index in [0.717, 1.165) is 16.5 Å². The Hall–Kier alpha value is -0.740. The van der Waals surface area contributed by atoms with Crippen molar-refractivity contribution in [2.75, 3.05) is 6.54 Å². The number of hydrogen-bond donors (Lipinski definition) is 1. The van der Waals surface area contributed by atoms with Crippen LogP contribution in [0.15, 0.2) is 23.4 Å². The molecule has 0 fully saturated rings. The Bertz CT molecular complexity index is 268. The van der Waals surface area contributed by atoms with Gasteiger partial charge in [0.15, 0.2) is 5.82 Å². The number of hydrogen-bond acceptors (Lipinski definition) is 3. The molecule has 0 spiro atoms. The van der Waals surface area contributed by atoms with Crippen molar-refractivity contribution in [1.29, 1.82) is 0 Å². The summed E-state index contributed by atoms with van der Waals surface area (Å²) in [7, 11) is 0. The van der Waals surface area contributed by atoms with Gasteiger partial charge in [0.25, 0.3) is 0 Å². The third-order valence-corrected chi connectivity index (χ3v) is 1.79. The van der Waals surface area contributed by atoms with Crippen molar-refractivity contribution in [3.05, 3.63) is 29.3 Å². The molecule has 0 aliphatic rings. The van der Waals surface area contributed by atoms with E-state index in [1.165, 1.54) is 0 Å². The minimum absolute atomic E-state index is 0.582. The molecule has 0 saturated heterocycles.